The number of amides is 2. The molecule has 2 N–H and O–H groups in total. The number of nitrogens with zero attached hydrogens (tertiary/aromatic N) is 3. The van der Waals surface area contributed by atoms with Crippen molar-refractivity contribution in [2.24, 2.45) is 0 Å². The number of carbonyl (C=O) groups is 1. The molecule has 2 amide bonds. The van der Waals surface area contributed by atoms with Crippen molar-refractivity contribution in [3.05, 3.63) is 65.6 Å². The standard InChI is InChI=1S/C23H27N5O2/c1-30-19-8-6-17(7-9-19)16-26-23(29)25-14-15-28-21-5-3-2-4-20(21)22(27-28)18-10-12-24-13-11-18/h6-13H,2-5,14-16H2,1H3,(H2,25,26,29). The predicted molar refractivity (Wildman–Crippen MR) is 115 cm³/mol. The molecule has 4 rings (SSSR count). The monoisotopic (exact) mass is 405 g/mol. The number of nitrogens with one attached hydrogen (secondary N) is 2. The summed E-state index contributed by atoms with van der Waals surface area (Å²) in [6, 6.07) is 11.5. The molecule has 7 heteroatoms. The van der Waals surface area contributed by atoms with Gasteiger partial charge in [-0.05, 0) is 55.5 Å². The zero-order chi connectivity index (χ0) is 20.8. The van der Waals surface area contributed by atoms with Crippen LogP contribution in [0.25, 0.3) is 11.3 Å². The van der Waals surface area contributed by atoms with Gasteiger partial charge in [0.15, 0.2) is 0 Å². The number of methoxy groups -OCH3 is 1. The molecule has 1 aliphatic rings. The lowest BCUT2D eigenvalue weighted by Gasteiger charge is -2.14. The molecule has 0 saturated carbocycles. The van der Waals surface area contributed by atoms with E-state index >= 15 is 0 Å². The van der Waals surface area contributed by atoms with Gasteiger partial charge in [0.2, 0.25) is 0 Å². The summed E-state index contributed by atoms with van der Waals surface area (Å²) in [6.45, 7) is 1.65. The number of ether oxygens (including phenoxy) is 1. The Morgan fingerprint density at radius 2 is 1.83 bits per heavy atom. The highest BCUT2D eigenvalue weighted by Crippen LogP contribution is 2.30. The minimum absolute atomic E-state index is 0.179. The number of pyridine rings is 1. The SMILES string of the molecule is COc1ccc(CNC(=O)NCCn2nc(-c3ccncc3)c3c2CCCC3)cc1. The first kappa shape index (κ1) is 19.9. The van der Waals surface area contributed by atoms with Crippen molar-refractivity contribution >= 4 is 6.03 Å². The smallest absolute Gasteiger partial charge is 0.315 e. The van der Waals surface area contributed by atoms with Gasteiger partial charge in [0.1, 0.15) is 5.75 Å². The van der Waals surface area contributed by atoms with E-state index in [1.165, 1.54) is 24.1 Å². The van der Waals surface area contributed by atoms with Gasteiger partial charge in [-0.3, -0.25) is 9.67 Å². The third-order valence-corrected chi connectivity index (χ3v) is 5.43. The molecule has 0 radical (unpaired) electrons. The molecule has 2 heterocycles. The van der Waals surface area contributed by atoms with E-state index in [2.05, 4.69) is 20.3 Å². The molecule has 30 heavy (non-hydrogen) atoms. The summed E-state index contributed by atoms with van der Waals surface area (Å²) >= 11 is 0. The van der Waals surface area contributed by atoms with Crippen LogP contribution in [0, 0.1) is 0 Å². The minimum atomic E-state index is -0.179. The van der Waals surface area contributed by atoms with E-state index in [1.54, 1.807) is 19.5 Å². The number of hydrogen-bond donors (Lipinski definition) is 2. The summed E-state index contributed by atoms with van der Waals surface area (Å²) in [4.78, 5) is 16.3. The largest absolute Gasteiger partial charge is 0.497 e. The van der Waals surface area contributed by atoms with Crippen LogP contribution in [-0.4, -0.2) is 34.5 Å². The van der Waals surface area contributed by atoms with Crippen molar-refractivity contribution in [3.63, 3.8) is 0 Å². The number of carbonyl (C=O) groups excluding carboxylic acids is 1. The first-order chi connectivity index (χ1) is 14.7. The summed E-state index contributed by atoms with van der Waals surface area (Å²) in [5.41, 5.74) is 5.82. The van der Waals surface area contributed by atoms with E-state index in [9.17, 15) is 4.79 Å². The molecular formula is C23H27N5O2. The van der Waals surface area contributed by atoms with Gasteiger partial charge in [0.05, 0.1) is 19.3 Å². The molecule has 0 aliphatic heterocycles. The van der Waals surface area contributed by atoms with Gasteiger partial charge < -0.3 is 15.4 Å². The van der Waals surface area contributed by atoms with E-state index < -0.39 is 0 Å². The van der Waals surface area contributed by atoms with Crippen LogP contribution in [0.3, 0.4) is 0 Å². The van der Waals surface area contributed by atoms with Gasteiger partial charge in [-0.25, -0.2) is 4.79 Å². The van der Waals surface area contributed by atoms with Crippen molar-refractivity contribution in [2.75, 3.05) is 13.7 Å². The molecule has 1 aliphatic carbocycles. The Hall–Kier alpha value is -3.35. The molecule has 0 bridgehead atoms. The Labute approximate surface area is 176 Å². The lowest BCUT2D eigenvalue weighted by atomic mass is 9.94. The van der Waals surface area contributed by atoms with Crippen LogP contribution < -0.4 is 15.4 Å². The summed E-state index contributed by atoms with van der Waals surface area (Å²) in [5, 5.41) is 10.7. The first-order valence-corrected chi connectivity index (χ1v) is 10.4. The zero-order valence-electron chi connectivity index (χ0n) is 17.2. The number of benzene rings is 1. The number of aromatic nitrogens is 3. The highest BCUT2D eigenvalue weighted by atomic mass is 16.5. The maximum atomic E-state index is 12.2. The Kier molecular flexibility index (Phi) is 6.27. The van der Waals surface area contributed by atoms with Crippen molar-refractivity contribution < 1.29 is 9.53 Å². The molecule has 156 valence electrons. The molecule has 0 unspecified atom stereocenters. The third kappa shape index (κ3) is 4.62. The molecule has 2 aromatic heterocycles. The lowest BCUT2D eigenvalue weighted by Crippen LogP contribution is -2.37. The van der Waals surface area contributed by atoms with Crippen molar-refractivity contribution in [1.82, 2.24) is 25.4 Å². The summed E-state index contributed by atoms with van der Waals surface area (Å²) in [6.07, 6.45) is 8.09. The molecule has 7 nitrogen and oxygen atoms in total. The lowest BCUT2D eigenvalue weighted by molar-refractivity contribution is 0.240. The van der Waals surface area contributed by atoms with E-state index in [0.29, 0.717) is 19.6 Å². The molecule has 0 atom stereocenters. The van der Waals surface area contributed by atoms with E-state index in [4.69, 9.17) is 9.84 Å². The van der Waals surface area contributed by atoms with Crippen molar-refractivity contribution in [1.29, 1.82) is 0 Å². The Balaban J connectivity index is 1.33. The molecule has 1 aromatic carbocycles. The average molecular weight is 406 g/mol. The van der Waals surface area contributed by atoms with E-state index in [0.717, 1.165) is 35.4 Å². The molecule has 0 saturated heterocycles. The summed E-state index contributed by atoms with van der Waals surface area (Å²) < 4.78 is 7.21. The maximum Gasteiger partial charge on any atom is 0.315 e. The van der Waals surface area contributed by atoms with Gasteiger partial charge in [-0.15, -0.1) is 0 Å². The van der Waals surface area contributed by atoms with Crippen LogP contribution in [0.1, 0.15) is 29.7 Å². The van der Waals surface area contributed by atoms with Gasteiger partial charge in [-0.2, -0.15) is 5.10 Å². The highest BCUT2D eigenvalue weighted by molar-refractivity contribution is 5.73. The van der Waals surface area contributed by atoms with Crippen molar-refractivity contribution in [2.45, 2.75) is 38.8 Å². The normalized spacial score (nSPS) is 12.8. The Morgan fingerprint density at radius 3 is 2.60 bits per heavy atom. The fourth-order valence-corrected chi connectivity index (χ4v) is 3.86. The molecule has 0 fully saturated rings. The number of urea groups is 1. The fourth-order valence-electron chi connectivity index (χ4n) is 3.86. The quantitative estimate of drug-likeness (QED) is 0.632. The fraction of sp³-hybridized carbons (Fsp3) is 0.348. The molecule has 0 spiro atoms. The zero-order valence-corrected chi connectivity index (χ0v) is 17.2. The minimum Gasteiger partial charge on any atom is -0.497 e. The maximum absolute atomic E-state index is 12.2. The second-order valence-electron chi connectivity index (χ2n) is 7.40. The van der Waals surface area contributed by atoms with Crippen LogP contribution in [0.5, 0.6) is 5.75 Å². The summed E-state index contributed by atoms with van der Waals surface area (Å²) in [5.74, 6) is 0.803. The van der Waals surface area contributed by atoms with E-state index in [-0.39, 0.29) is 6.03 Å². The van der Waals surface area contributed by atoms with Crippen LogP contribution in [0.2, 0.25) is 0 Å². The number of hydrogen-bond acceptors (Lipinski definition) is 4. The average Bonchev–Trinajstić information content (AvgIpc) is 3.17. The second-order valence-corrected chi connectivity index (χ2v) is 7.40. The van der Waals surface area contributed by atoms with Crippen molar-refractivity contribution in [3.8, 4) is 17.0 Å². The summed E-state index contributed by atoms with van der Waals surface area (Å²) in [7, 11) is 1.64. The van der Waals surface area contributed by atoms with Crippen LogP contribution in [0.4, 0.5) is 4.79 Å². The van der Waals surface area contributed by atoms with Crippen LogP contribution >= 0.6 is 0 Å². The highest BCUT2D eigenvalue weighted by Gasteiger charge is 2.21. The van der Waals surface area contributed by atoms with Crippen LogP contribution in [0.15, 0.2) is 48.8 Å². The second kappa shape index (κ2) is 9.43. The topological polar surface area (TPSA) is 81.1 Å². The Morgan fingerprint density at radius 1 is 1.07 bits per heavy atom. The number of rotatable bonds is 7. The van der Waals surface area contributed by atoms with Crippen LogP contribution in [-0.2, 0) is 25.9 Å². The number of fused-ring (bicyclic) bond motifs is 1. The van der Waals surface area contributed by atoms with E-state index in [1.807, 2.05) is 36.4 Å². The third-order valence-electron chi connectivity index (χ3n) is 5.43. The Bertz CT molecular complexity index is 983. The van der Waals surface area contributed by atoms with Gasteiger partial charge in [0, 0.05) is 42.3 Å². The molecule has 3 aromatic rings. The molecular weight excluding hydrogens is 378 g/mol. The van der Waals surface area contributed by atoms with Gasteiger partial charge in [0.25, 0.3) is 0 Å². The van der Waals surface area contributed by atoms with Gasteiger partial charge >= 0.3 is 6.03 Å². The van der Waals surface area contributed by atoms with Gasteiger partial charge in [-0.1, -0.05) is 12.1 Å². The first-order valence-electron chi connectivity index (χ1n) is 10.4. The predicted octanol–water partition coefficient (Wildman–Crippen LogP) is 3.33.